The summed E-state index contributed by atoms with van der Waals surface area (Å²) in [7, 11) is 0. The normalized spacial score (nSPS) is 23.3. The number of amides is 2. The Balaban J connectivity index is 1.42. The lowest BCUT2D eigenvalue weighted by atomic mass is 9.88. The minimum absolute atomic E-state index is 0.0441. The van der Waals surface area contributed by atoms with Gasteiger partial charge in [0, 0.05) is 38.4 Å². The Morgan fingerprint density at radius 2 is 1.96 bits per heavy atom. The van der Waals surface area contributed by atoms with Crippen molar-refractivity contribution in [2.45, 2.75) is 33.1 Å². The average molecular weight is 377 g/mol. The molecule has 2 aliphatic heterocycles. The second-order valence-corrected chi connectivity index (χ2v) is 7.53. The molecule has 0 spiro atoms. The summed E-state index contributed by atoms with van der Waals surface area (Å²) < 4.78 is 5.31. The van der Waals surface area contributed by atoms with E-state index in [9.17, 15) is 9.59 Å². The van der Waals surface area contributed by atoms with Crippen LogP contribution in [0.1, 0.15) is 29.8 Å². The van der Waals surface area contributed by atoms with E-state index in [0.717, 1.165) is 24.2 Å². The molecule has 3 heterocycles. The highest BCUT2D eigenvalue weighted by Gasteiger charge is 2.33. The number of carbonyl (C=O) groups is 2. The van der Waals surface area contributed by atoms with Gasteiger partial charge in [0.2, 0.25) is 11.8 Å². The van der Waals surface area contributed by atoms with Crippen LogP contribution in [-0.4, -0.2) is 72.8 Å². The standard InChI is InChI=1S/C19H31N5O3/c1-13-17(14(2)23-22-13)4-3-5-21-18(25)15-10-16(12-20-11-15)19(26)24-6-8-27-9-7-24/h15-16,20H,3-12H2,1-2H3,(H,21,25)(H,22,23)/t15-,16+/m1/s1. The molecule has 8 heteroatoms. The van der Waals surface area contributed by atoms with E-state index in [1.165, 1.54) is 5.56 Å². The van der Waals surface area contributed by atoms with Crippen LogP contribution in [0.2, 0.25) is 0 Å². The number of aryl methyl sites for hydroxylation is 2. The number of rotatable bonds is 6. The first-order valence-electron chi connectivity index (χ1n) is 9.91. The number of hydrogen-bond donors (Lipinski definition) is 3. The Morgan fingerprint density at radius 1 is 1.22 bits per heavy atom. The zero-order valence-corrected chi connectivity index (χ0v) is 16.3. The number of piperidine rings is 1. The fourth-order valence-corrected chi connectivity index (χ4v) is 3.94. The zero-order valence-electron chi connectivity index (χ0n) is 16.3. The van der Waals surface area contributed by atoms with Gasteiger partial charge in [-0.25, -0.2) is 0 Å². The van der Waals surface area contributed by atoms with E-state index in [4.69, 9.17) is 4.74 Å². The van der Waals surface area contributed by atoms with Gasteiger partial charge < -0.3 is 20.3 Å². The van der Waals surface area contributed by atoms with E-state index in [0.29, 0.717) is 52.4 Å². The van der Waals surface area contributed by atoms with Crippen molar-refractivity contribution in [1.82, 2.24) is 25.7 Å². The lowest BCUT2D eigenvalue weighted by molar-refractivity contribution is -0.141. The van der Waals surface area contributed by atoms with Crippen LogP contribution < -0.4 is 10.6 Å². The van der Waals surface area contributed by atoms with Crippen LogP contribution in [0, 0.1) is 25.7 Å². The zero-order chi connectivity index (χ0) is 19.2. The number of hydrogen-bond acceptors (Lipinski definition) is 5. The van der Waals surface area contributed by atoms with Gasteiger partial charge in [0.1, 0.15) is 0 Å². The van der Waals surface area contributed by atoms with Gasteiger partial charge in [0.25, 0.3) is 0 Å². The quantitative estimate of drug-likeness (QED) is 0.614. The third kappa shape index (κ3) is 5.07. The van der Waals surface area contributed by atoms with Gasteiger partial charge in [0.05, 0.1) is 30.7 Å². The summed E-state index contributed by atoms with van der Waals surface area (Å²) in [5.74, 6) is -0.0770. The third-order valence-corrected chi connectivity index (χ3v) is 5.58. The second-order valence-electron chi connectivity index (χ2n) is 7.53. The van der Waals surface area contributed by atoms with Crippen molar-refractivity contribution in [2.75, 3.05) is 45.9 Å². The molecule has 0 aromatic carbocycles. The van der Waals surface area contributed by atoms with Crippen molar-refractivity contribution in [3.05, 3.63) is 17.0 Å². The molecule has 2 aliphatic rings. The molecule has 2 fully saturated rings. The SMILES string of the molecule is Cc1n[nH]c(C)c1CCCNC(=O)[C@H]1CNC[C@@H](C(=O)N2CCOCC2)C1. The third-order valence-electron chi connectivity index (χ3n) is 5.58. The molecule has 27 heavy (non-hydrogen) atoms. The van der Waals surface area contributed by atoms with Crippen LogP contribution in [-0.2, 0) is 20.7 Å². The molecule has 0 unspecified atom stereocenters. The van der Waals surface area contributed by atoms with E-state index in [2.05, 4.69) is 20.8 Å². The summed E-state index contributed by atoms with van der Waals surface area (Å²) in [5, 5.41) is 13.5. The Hall–Kier alpha value is -1.93. The molecule has 0 radical (unpaired) electrons. The first-order valence-corrected chi connectivity index (χ1v) is 9.91. The maximum absolute atomic E-state index is 12.7. The van der Waals surface area contributed by atoms with Crippen molar-refractivity contribution in [3.63, 3.8) is 0 Å². The van der Waals surface area contributed by atoms with Crippen molar-refractivity contribution < 1.29 is 14.3 Å². The Bertz CT molecular complexity index is 634. The number of ether oxygens (including phenoxy) is 1. The number of nitrogens with one attached hydrogen (secondary N) is 3. The van der Waals surface area contributed by atoms with Crippen LogP contribution in [0.15, 0.2) is 0 Å². The fourth-order valence-electron chi connectivity index (χ4n) is 3.94. The highest BCUT2D eigenvalue weighted by Crippen LogP contribution is 2.20. The van der Waals surface area contributed by atoms with Crippen molar-refractivity contribution in [2.24, 2.45) is 11.8 Å². The summed E-state index contributed by atoms with van der Waals surface area (Å²) in [6.45, 7) is 8.46. The van der Waals surface area contributed by atoms with Crippen LogP contribution in [0.25, 0.3) is 0 Å². The fraction of sp³-hybridized carbons (Fsp3) is 0.737. The molecule has 3 rings (SSSR count). The highest BCUT2D eigenvalue weighted by molar-refractivity contribution is 5.83. The molecule has 0 aliphatic carbocycles. The van der Waals surface area contributed by atoms with Gasteiger partial charge in [-0.3, -0.25) is 14.7 Å². The maximum Gasteiger partial charge on any atom is 0.227 e. The van der Waals surface area contributed by atoms with E-state index in [-0.39, 0.29) is 23.7 Å². The topological polar surface area (TPSA) is 99.3 Å². The Kier molecular flexibility index (Phi) is 6.84. The monoisotopic (exact) mass is 377 g/mol. The molecule has 8 nitrogen and oxygen atoms in total. The summed E-state index contributed by atoms with van der Waals surface area (Å²) in [6.07, 6.45) is 2.40. The van der Waals surface area contributed by atoms with Gasteiger partial charge in [-0.05, 0) is 38.7 Å². The summed E-state index contributed by atoms with van der Waals surface area (Å²) in [6, 6.07) is 0. The molecule has 3 N–H and O–H groups in total. The minimum atomic E-state index is -0.147. The van der Waals surface area contributed by atoms with Gasteiger partial charge in [-0.15, -0.1) is 0 Å². The average Bonchev–Trinajstić information content (AvgIpc) is 3.03. The molecule has 0 bridgehead atoms. The Morgan fingerprint density at radius 3 is 2.67 bits per heavy atom. The number of nitrogens with zero attached hydrogens (tertiary/aromatic N) is 2. The van der Waals surface area contributed by atoms with Gasteiger partial charge in [-0.2, -0.15) is 5.10 Å². The lowest BCUT2D eigenvalue weighted by Crippen LogP contribution is -2.51. The van der Waals surface area contributed by atoms with Crippen molar-refractivity contribution in [1.29, 1.82) is 0 Å². The highest BCUT2D eigenvalue weighted by atomic mass is 16.5. The van der Waals surface area contributed by atoms with Gasteiger partial charge in [0.15, 0.2) is 0 Å². The Labute approximate surface area is 160 Å². The van der Waals surface area contributed by atoms with Crippen LogP contribution in [0.3, 0.4) is 0 Å². The first kappa shape index (κ1) is 19.8. The van der Waals surface area contributed by atoms with E-state index >= 15 is 0 Å². The lowest BCUT2D eigenvalue weighted by Gasteiger charge is -2.34. The smallest absolute Gasteiger partial charge is 0.227 e. The molecule has 2 saturated heterocycles. The van der Waals surface area contributed by atoms with E-state index in [1.54, 1.807) is 0 Å². The van der Waals surface area contributed by atoms with Crippen LogP contribution >= 0.6 is 0 Å². The van der Waals surface area contributed by atoms with Gasteiger partial charge >= 0.3 is 0 Å². The predicted octanol–water partition coefficient (Wildman–Crippen LogP) is 0.160. The minimum Gasteiger partial charge on any atom is -0.378 e. The predicted molar refractivity (Wildman–Crippen MR) is 101 cm³/mol. The number of carbonyl (C=O) groups excluding carboxylic acids is 2. The molecule has 2 atom stereocenters. The summed E-state index contributed by atoms with van der Waals surface area (Å²) in [4.78, 5) is 27.1. The first-order chi connectivity index (χ1) is 13.1. The summed E-state index contributed by atoms with van der Waals surface area (Å²) in [5.41, 5.74) is 3.36. The van der Waals surface area contributed by atoms with Crippen LogP contribution in [0.5, 0.6) is 0 Å². The van der Waals surface area contributed by atoms with Gasteiger partial charge in [-0.1, -0.05) is 0 Å². The van der Waals surface area contributed by atoms with E-state index in [1.807, 2.05) is 18.7 Å². The van der Waals surface area contributed by atoms with E-state index < -0.39 is 0 Å². The number of H-pyrrole nitrogens is 1. The van der Waals surface area contributed by atoms with Crippen LogP contribution in [0.4, 0.5) is 0 Å². The number of morpholine rings is 1. The van der Waals surface area contributed by atoms with Crippen molar-refractivity contribution in [3.8, 4) is 0 Å². The molecule has 150 valence electrons. The number of aromatic nitrogens is 2. The number of aromatic amines is 1. The molecule has 0 saturated carbocycles. The molecule has 1 aromatic rings. The largest absolute Gasteiger partial charge is 0.378 e. The summed E-state index contributed by atoms with van der Waals surface area (Å²) >= 11 is 0. The molecular weight excluding hydrogens is 346 g/mol. The molecule has 1 aromatic heterocycles. The second kappa shape index (κ2) is 9.32. The maximum atomic E-state index is 12.7. The van der Waals surface area contributed by atoms with Crippen molar-refractivity contribution >= 4 is 11.8 Å². The molecular formula is C19H31N5O3. The molecule has 2 amide bonds.